The molecule has 0 saturated carbocycles. The zero-order valence-electron chi connectivity index (χ0n) is 20.8. The van der Waals surface area contributed by atoms with E-state index in [1.54, 1.807) is 16.7 Å². The van der Waals surface area contributed by atoms with Crippen molar-refractivity contribution in [2.45, 2.75) is 69.1 Å². The second-order valence-corrected chi connectivity index (χ2v) is 23.3. The third-order valence-corrected chi connectivity index (χ3v) is 10.4. The molecule has 0 spiro atoms. The van der Waals surface area contributed by atoms with E-state index in [9.17, 15) is 0 Å². The molecule has 4 rings (SSSR count). The van der Waals surface area contributed by atoms with Crippen molar-refractivity contribution in [1.29, 1.82) is 0 Å². The molecule has 0 radical (unpaired) electrons. The molecular formula is C30H40Si2. The summed E-state index contributed by atoms with van der Waals surface area (Å²) in [6.45, 7) is 15.3. The lowest BCUT2D eigenvalue weighted by molar-refractivity contribution is 0.372. The maximum Gasteiger partial charge on any atom is 0.0448 e. The van der Waals surface area contributed by atoms with E-state index in [4.69, 9.17) is 0 Å². The lowest BCUT2D eigenvalue weighted by Crippen LogP contribution is -2.33. The molecule has 1 aliphatic carbocycles. The Hall–Kier alpha value is -1.91. The predicted octanol–water partition coefficient (Wildman–Crippen LogP) is 8.99. The second-order valence-electron chi connectivity index (χ2n) is 12.2. The molecule has 1 aliphatic rings. The Morgan fingerprint density at radius 2 is 1.16 bits per heavy atom. The van der Waals surface area contributed by atoms with Crippen LogP contribution in [0.4, 0.5) is 0 Å². The standard InChI is InChI=1S/C30H40Si2/c1-31(2,3)21-27(23-15-9-7-10-16-23)30-28(22-32(4,5)6)25-19-13-14-20-26(25)29(30)24-17-11-8-12-18-24/h7-20,27-30H,21-22H2,1-6H3/t27-,28+,29-,30-/m0/s1. The van der Waals surface area contributed by atoms with Gasteiger partial charge in [0.05, 0.1) is 0 Å². The molecule has 0 amide bonds. The summed E-state index contributed by atoms with van der Waals surface area (Å²) in [7, 11) is -2.54. The van der Waals surface area contributed by atoms with Crippen LogP contribution in [0.15, 0.2) is 84.9 Å². The molecule has 0 bridgehead atoms. The lowest BCUT2D eigenvalue weighted by Gasteiger charge is -2.38. The first-order valence-corrected chi connectivity index (χ1v) is 19.7. The Kier molecular flexibility index (Phi) is 6.65. The minimum absolute atomic E-state index is 0.482. The molecule has 4 atom stereocenters. The van der Waals surface area contributed by atoms with E-state index in [-0.39, 0.29) is 0 Å². The molecule has 0 saturated heterocycles. The van der Waals surface area contributed by atoms with Crippen LogP contribution in [-0.2, 0) is 0 Å². The molecule has 168 valence electrons. The maximum atomic E-state index is 2.55. The van der Waals surface area contributed by atoms with Gasteiger partial charge in [-0.25, -0.2) is 0 Å². The summed E-state index contributed by atoms with van der Waals surface area (Å²) in [5, 5.41) is 0. The monoisotopic (exact) mass is 456 g/mol. The van der Waals surface area contributed by atoms with Gasteiger partial charge in [0.1, 0.15) is 0 Å². The summed E-state index contributed by atoms with van der Waals surface area (Å²) in [6.07, 6.45) is 0. The van der Waals surface area contributed by atoms with Crippen LogP contribution >= 0.6 is 0 Å². The van der Waals surface area contributed by atoms with Crippen molar-refractivity contribution in [2.75, 3.05) is 0 Å². The van der Waals surface area contributed by atoms with Gasteiger partial charge in [-0.1, -0.05) is 136 Å². The summed E-state index contributed by atoms with van der Waals surface area (Å²) < 4.78 is 0. The Labute approximate surface area is 198 Å². The summed E-state index contributed by atoms with van der Waals surface area (Å²) in [4.78, 5) is 0. The highest BCUT2D eigenvalue weighted by atomic mass is 28.3. The first-order valence-electron chi connectivity index (χ1n) is 12.3. The number of fused-ring (bicyclic) bond motifs is 1. The first kappa shape index (κ1) is 23.3. The van der Waals surface area contributed by atoms with Gasteiger partial charge < -0.3 is 0 Å². The fraction of sp³-hybridized carbons (Fsp3) is 0.400. The van der Waals surface area contributed by atoms with Gasteiger partial charge in [0.2, 0.25) is 0 Å². The molecule has 0 N–H and O–H groups in total. The molecular weight excluding hydrogens is 417 g/mol. The normalized spacial score (nSPS) is 21.9. The maximum absolute atomic E-state index is 2.55. The van der Waals surface area contributed by atoms with Crippen LogP contribution in [-0.4, -0.2) is 16.1 Å². The number of rotatable bonds is 7. The quantitative estimate of drug-likeness (QED) is 0.311. The van der Waals surface area contributed by atoms with Gasteiger partial charge in [0.25, 0.3) is 0 Å². The van der Waals surface area contributed by atoms with Crippen LogP contribution in [0.25, 0.3) is 0 Å². The molecule has 0 fully saturated rings. The van der Waals surface area contributed by atoms with Crippen molar-refractivity contribution >= 4 is 16.1 Å². The van der Waals surface area contributed by atoms with Crippen molar-refractivity contribution in [3.63, 3.8) is 0 Å². The van der Waals surface area contributed by atoms with Crippen molar-refractivity contribution in [2.24, 2.45) is 5.92 Å². The highest BCUT2D eigenvalue weighted by molar-refractivity contribution is 6.76. The molecule has 0 aliphatic heterocycles. The van der Waals surface area contributed by atoms with Crippen LogP contribution in [0.5, 0.6) is 0 Å². The predicted molar refractivity (Wildman–Crippen MR) is 146 cm³/mol. The highest BCUT2D eigenvalue weighted by Gasteiger charge is 2.47. The fourth-order valence-electron chi connectivity index (χ4n) is 6.10. The first-order chi connectivity index (χ1) is 15.1. The Bertz CT molecular complexity index is 1010. The van der Waals surface area contributed by atoms with Crippen molar-refractivity contribution in [3.05, 3.63) is 107 Å². The SMILES string of the molecule is C[Si](C)(C)C[C@@H]1c2ccccc2[C@H](c2ccccc2)[C@H]1[C@@H](C[Si](C)(C)C)c1ccccc1. The van der Waals surface area contributed by atoms with Gasteiger partial charge in [0.15, 0.2) is 0 Å². The third-order valence-electron chi connectivity index (χ3n) is 7.10. The smallest absolute Gasteiger partial charge is 0.0448 e. The van der Waals surface area contributed by atoms with E-state index in [1.807, 2.05) is 0 Å². The van der Waals surface area contributed by atoms with Crippen LogP contribution in [0.3, 0.4) is 0 Å². The molecule has 0 aromatic heterocycles. The average molecular weight is 457 g/mol. The Morgan fingerprint density at radius 1 is 0.625 bits per heavy atom. The van der Waals surface area contributed by atoms with Crippen molar-refractivity contribution in [1.82, 2.24) is 0 Å². The van der Waals surface area contributed by atoms with Crippen LogP contribution in [0.1, 0.15) is 40.0 Å². The number of benzene rings is 3. The van der Waals surface area contributed by atoms with Crippen molar-refractivity contribution in [3.8, 4) is 0 Å². The fourth-order valence-corrected chi connectivity index (χ4v) is 9.73. The number of hydrogen-bond donors (Lipinski definition) is 0. The average Bonchev–Trinajstić information content (AvgIpc) is 3.05. The topological polar surface area (TPSA) is 0 Å². The summed E-state index contributed by atoms with van der Waals surface area (Å²) in [6, 6.07) is 35.0. The van der Waals surface area contributed by atoms with Crippen LogP contribution in [0.2, 0.25) is 51.4 Å². The Morgan fingerprint density at radius 3 is 1.72 bits per heavy atom. The molecule has 0 unspecified atom stereocenters. The molecule has 2 heteroatoms. The van der Waals surface area contributed by atoms with Gasteiger partial charge in [-0.05, 0) is 40.0 Å². The van der Waals surface area contributed by atoms with Gasteiger partial charge in [-0.15, -0.1) is 0 Å². The van der Waals surface area contributed by atoms with Gasteiger partial charge in [-0.3, -0.25) is 0 Å². The van der Waals surface area contributed by atoms with Gasteiger partial charge >= 0.3 is 0 Å². The summed E-state index contributed by atoms with van der Waals surface area (Å²) in [5.74, 6) is 2.34. The van der Waals surface area contributed by atoms with Crippen LogP contribution < -0.4 is 0 Å². The minimum atomic E-state index is -1.28. The van der Waals surface area contributed by atoms with E-state index in [2.05, 4.69) is 124 Å². The summed E-state index contributed by atoms with van der Waals surface area (Å²) in [5.41, 5.74) is 6.27. The third kappa shape index (κ3) is 5.18. The lowest BCUT2D eigenvalue weighted by atomic mass is 9.73. The largest absolute Gasteiger partial charge is 0.0695 e. The molecule has 0 nitrogen and oxygen atoms in total. The van der Waals surface area contributed by atoms with Crippen molar-refractivity contribution < 1.29 is 0 Å². The van der Waals surface area contributed by atoms with Gasteiger partial charge in [-0.2, -0.15) is 0 Å². The van der Waals surface area contributed by atoms with Gasteiger partial charge in [0, 0.05) is 22.1 Å². The Balaban J connectivity index is 1.92. The zero-order valence-corrected chi connectivity index (χ0v) is 22.8. The molecule has 0 heterocycles. The molecule has 3 aromatic carbocycles. The van der Waals surface area contributed by atoms with E-state index in [0.29, 0.717) is 23.7 Å². The van der Waals surface area contributed by atoms with E-state index in [1.165, 1.54) is 17.7 Å². The van der Waals surface area contributed by atoms with E-state index in [0.717, 1.165) is 0 Å². The van der Waals surface area contributed by atoms with E-state index < -0.39 is 16.1 Å². The zero-order chi connectivity index (χ0) is 22.9. The molecule has 3 aromatic rings. The van der Waals surface area contributed by atoms with E-state index >= 15 is 0 Å². The molecule has 32 heavy (non-hydrogen) atoms. The van der Waals surface area contributed by atoms with Crippen LogP contribution in [0, 0.1) is 5.92 Å². The second kappa shape index (κ2) is 9.15. The highest BCUT2D eigenvalue weighted by Crippen LogP contribution is 2.58. The summed E-state index contributed by atoms with van der Waals surface area (Å²) >= 11 is 0. The minimum Gasteiger partial charge on any atom is -0.0695 e. The number of hydrogen-bond acceptors (Lipinski definition) is 0.